The predicted octanol–water partition coefficient (Wildman–Crippen LogP) is 1.32. The fourth-order valence-corrected chi connectivity index (χ4v) is 0.902. The van der Waals surface area contributed by atoms with Crippen molar-refractivity contribution < 1.29 is 9.84 Å². The molecule has 12 heavy (non-hydrogen) atoms. The van der Waals surface area contributed by atoms with Gasteiger partial charge < -0.3 is 9.84 Å². The number of hydrogen-bond donors (Lipinski definition) is 1. The summed E-state index contributed by atoms with van der Waals surface area (Å²) in [7, 11) is 1.55. The molecule has 0 saturated heterocycles. The summed E-state index contributed by atoms with van der Waals surface area (Å²) in [6, 6.07) is 3.49. The molecule has 0 atom stereocenters. The molecule has 0 aliphatic rings. The van der Waals surface area contributed by atoms with Crippen molar-refractivity contribution in [1.82, 2.24) is 4.98 Å². The second-order valence-electron chi connectivity index (χ2n) is 3.15. The van der Waals surface area contributed by atoms with Crippen molar-refractivity contribution in [3.05, 3.63) is 23.9 Å². The van der Waals surface area contributed by atoms with Crippen LogP contribution in [-0.2, 0) is 5.60 Å². The molecule has 0 spiro atoms. The molecular weight excluding hydrogens is 154 g/mol. The number of hydrogen-bond acceptors (Lipinski definition) is 3. The van der Waals surface area contributed by atoms with Crippen molar-refractivity contribution in [1.29, 1.82) is 0 Å². The van der Waals surface area contributed by atoms with E-state index in [9.17, 15) is 5.11 Å². The highest BCUT2D eigenvalue weighted by Gasteiger charge is 2.16. The van der Waals surface area contributed by atoms with Gasteiger partial charge in [-0.25, -0.2) is 4.98 Å². The Morgan fingerprint density at radius 2 is 2.17 bits per heavy atom. The standard InChI is InChI=1S/C9H13NO2/c1-9(2,11)7-4-5-10-8(6-7)12-3/h4-6,11H,1-3H3. The highest BCUT2D eigenvalue weighted by atomic mass is 16.5. The lowest BCUT2D eigenvalue weighted by molar-refractivity contribution is 0.0782. The molecule has 0 bridgehead atoms. The lowest BCUT2D eigenvalue weighted by atomic mass is 10.0. The maximum Gasteiger partial charge on any atom is 0.213 e. The molecule has 1 aromatic rings. The number of rotatable bonds is 2. The molecule has 0 fully saturated rings. The van der Waals surface area contributed by atoms with E-state index in [1.165, 1.54) is 0 Å². The maximum atomic E-state index is 9.63. The van der Waals surface area contributed by atoms with Gasteiger partial charge in [0.15, 0.2) is 0 Å². The summed E-state index contributed by atoms with van der Waals surface area (Å²) in [5.41, 5.74) is -0.0368. The van der Waals surface area contributed by atoms with Crippen LogP contribution in [0, 0.1) is 0 Å². The summed E-state index contributed by atoms with van der Waals surface area (Å²) in [5.74, 6) is 0.523. The van der Waals surface area contributed by atoms with Crippen molar-refractivity contribution in [2.45, 2.75) is 19.4 Å². The third-order valence-electron chi connectivity index (χ3n) is 1.65. The van der Waals surface area contributed by atoms with E-state index in [1.807, 2.05) is 0 Å². The Labute approximate surface area is 72.0 Å². The van der Waals surface area contributed by atoms with Gasteiger partial charge >= 0.3 is 0 Å². The Bertz CT molecular complexity index is 265. The van der Waals surface area contributed by atoms with Crippen LogP contribution in [0.2, 0.25) is 0 Å². The quantitative estimate of drug-likeness (QED) is 0.722. The SMILES string of the molecule is COc1cc(C(C)(C)O)ccn1. The van der Waals surface area contributed by atoms with Crippen LogP contribution in [0.25, 0.3) is 0 Å². The van der Waals surface area contributed by atoms with Gasteiger partial charge in [0.05, 0.1) is 12.7 Å². The monoisotopic (exact) mass is 167 g/mol. The molecule has 0 amide bonds. The minimum Gasteiger partial charge on any atom is -0.481 e. The van der Waals surface area contributed by atoms with Gasteiger partial charge in [-0.3, -0.25) is 0 Å². The van der Waals surface area contributed by atoms with Crippen molar-refractivity contribution in [3.63, 3.8) is 0 Å². The molecule has 0 aliphatic carbocycles. The molecule has 66 valence electrons. The summed E-state index contributed by atoms with van der Waals surface area (Å²) in [4.78, 5) is 3.94. The second-order valence-corrected chi connectivity index (χ2v) is 3.15. The van der Waals surface area contributed by atoms with Crippen LogP contribution >= 0.6 is 0 Å². The number of pyridine rings is 1. The third kappa shape index (κ3) is 1.95. The third-order valence-corrected chi connectivity index (χ3v) is 1.65. The van der Waals surface area contributed by atoms with E-state index in [0.29, 0.717) is 5.88 Å². The number of methoxy groups -OCH3 is 1. The van der Waals surface area contributed by atoms with E-state index in [0.717, 1.165) is 5.56 Å². The number of aliphatic hydroxyl groups is 1. The van der Waals surface area contributed by atoms with Crippen LogP contribution in [0.5, 0.6) is 5.88 Å². The van der Waals surface area contributed by atoms with Gasteiger partial charge in [-0.15, -0.1) is 0 Å². The Morgan fingerprint density at radius 1 is 1.50 bits per heavy atom. The van der Waals surface area contributed by atoms with Crippen molar-refractivity contribution in [3.8, 4) is 5.88 Å². The van der Waals surface area contributed by atoms with Crippen LogP contribution in [0.15, 0.2) is 18.3 Å². The summed E-state index contributed by atoms with van der Waals surface area (Å²) >= 11 is 0. The maximum absolute atomic E-state index is 9.63. The first kappa shape index (κ1) is 9.00. The number of ether oxygens (including phenoxy) is 1. The van der Waals surface area contributed by atoms with Gasteiger partial charge in [0.2, 0.25) is 5.88 Å². The zero-order valence-corrected chi connectivity index (χ0v) is 7.53. The van der Waals surface area contributed by atoms with Gasteiger partial charge in [-0.1, -0.05) is 0 Å². The number of nitrogens with zero attached hydrogens (tertiary/aromatic N) is 1. The minimum absolute atomic E-state index is 0.523. The van der Waals surface area contributed by atoms with Gasteiger partial charge in [0, 0.05) is 12.3 Å². The normalized spacial score (nSPS) is 11.3. The molecule has 0 radical (unpaired) electrons. The summed E-state index contributed by atoms with van der Waals surface area (Å²) in [6.07, 6.45) is 1.62. The molecule has 0 saturated carbocycles. The van der Waals surface area contributed by atoms with E-state index in [4.69, 9.17) is 4.74 Å². The van der Waals surface area contributed by atoms with Crippen LogP contribution in [-0.4, -0.2) is 17.2 Å². The Morgan fingerprint density at radius 3 is 2.67 bits per heavy atom. The van der Waals surface area contributed by atoms with Crippen LogP contribution in [0.3, 0.4) is 0 Å². The lowest BCUT2D eigenvalue weighted by Gasteiger charge is -2.17. The number of aromatic nitrogens is 1. The van der Waals surface area contributed by atoms with E-state index < -0.39 is 5.60 Å². The van der Waals surface area contributed by atoms with E-state index in [1.54, 1.807) is 39.3 Å². The molecule has 0 unspecified atom stereocenters. The summed E-state index contributed by atoms with van der Waals surface area (Å²) in [5, 5.41) is 9.63. The molecule has 3 heteroatoms. The first-order chi connectivity index (χ1) is 5.54. The second kappa shape index (κ2) is 3.11. The van der Waals surface area contributed by atoms with E-state index >= 15 is 0 Å². The largest absolute Gasteiger partial charge is 0.481 e. The fraction of sp³-hybridized carbons (Fsp3) is 0.444. The topological polar surface area (TPSA) is 42.4 Å². The van der Waals surface area contributed by atoms with E-state index in [-0.39, 0.29) is 0 Å². The summed E-state index contributed by atoms with van der Waals surface area (Å²) in [6.45, 7) is 3.45. The Hall–Kier alpha value is -1.09. The Balaban J connectivity index is 3.02. The first-order valence-corrected chi connectivity index (χ1v) is 3.77. The minimum atomic E-state index is -0.837. The average Bonchev–Trinajstić information content (AvgIpc) is 2.03. The molecule has 0 aromatic carbocycles. The Kier molecular flexibility index (Phi) is 2.33. The van der Waals surface area contributed by atoms with E-state index in [2.05, 4.69) is 4.98 Å². The van der Waals surface area contributed by atoms with Crippen LogP contribution < -0.4 is 4.74 Å². The molecule has 1 N–H and O–H groups in total. The van der Waals surface area contributed by atoms with Crippen LogP contribution in [0.4, 0.5) is 0 Å². The fourth-order valence-electron chi connectivity index (χ4n) is 0.902. The van der Waals surface area contributed by atoms with Gasteiger partial charge in [-0.2, -0.15) is 0 Å². The zero-order chi connectivity index (χ0) is 9.19. The first-order valence-electron chi connectivity index (χ1n) is 3.77. The summed E-state index contributed by atoms with van der Waals surface area (Å²) < 4.78 is 4.93. The van der Waals surface area contributed by atoms with Gasteiger partial charge in [-0.05, 0) is 25.5 Å². The van der Waals surface area contributed by atoms with Crippen LogP contribution in [0.1, 0.15) is 19.4 Å². The lowest BCUT2D eigenvalue weighted by Crippen LogP contribution is -2.15. The molecule has 1 aromatic heterocycles. The zero-order valence-electron chi connectivity index (χ0n) is 7.53. The van der Waals surface area contributed by atoms with Gasteiger partial charge in [0.1, 0.15) is 0 Å². The molecular formula is C9H13NO2. The van der Waals surface area contributed by atoms with Crippen molar-refractivity contribution >= 4 is 0 Å². The van der Waals surface area contributed by atoms with Gasteiger partial charge in [0.25, 0.3) is 0 Å². The average molecular weight is 167 g/mol. The van der Waals surface area contributed by atoms with Crippen molar-refractivity contribution in [2.75, 3.05) is 7.11 Å². The highest BCUT2D eigenvalue weighted by Crippen LogP contribution is 2.21. The molecule has 3 nitrogen and oxygen atoms in total. The molecule has 1 heterocycles. The molecule has 0 aliphatic heterocycles. The highest BCUT2D eigenvalue weighted by molar-refractivity contribution is 5.24. The predicted molar refractivity (Wildman–Crippen MR) is 46.0 cm³/mol. The van der Waals surface area contributed by atoms with Crippen molar-refractivity contribution in [2.24, 2.45) is 0 Å². The smallest absolute Gasteiger partial charge is 0.213 e. The molecule has 1 rings (SSSR count).